The minimum Gasteiger partial charge on any atom is -0.368 e. The summed E-state index contributed by atoms with van der Waals surface area (Å²) in [5.74, 6) is 0.910. The summed E-state index contributed by atoms with van der Waals surface area (Å²) in [6.45, 7) is 3.54. The van der Waals surface area contributed by atoms with Crippen molar-refractivity contribution in [1.82, 2.24) is 0 Å². The summed E-state index contributed by atoms with van der Waals surface area (Å²) in [6.07, 6.45) is -1.60. The Hall–Kier alpha value is -2.19. The van der Waals surface area contributed by atoms with E-state index < -0.39 is 6.29 Å². The van der Waals surface area contributed by atoms with Gasteiger partial charge in [-0.15, -0.1) is 11.8 Å². The second kappa shape index (κ2) is 12.2. The van der Waals surface area contributed by atoms with E-state index in [-0.39, 0.29) is 29.9 Å². The number of fused-ring (bicyclic) bond motifs is 1. The lowest BCUT2D eigenvalue weighted by molar-refractivity contribution is -0.329. The van der Waals surface area contributed by atoms with Crippen LogP contribution in [0, 0.1) is 0 Å². The van der Waals surface area contributed by atoms with Gasteiger partial charge >= 0.3 is 0 Å². The number of hydrogen-bond acceptors (Lipinski definition) is 6. The van der Waals surface area contributed by atoms with E-state index in [1.54, 1.807) is 11.8 Å². The molecule has 6 heteroatoms. The van der Waals surface area contributed by atoms with Gasteiger partial charge in [0.2, 0.25) is 0 Å². The number of rotatable bonds is 9. The molecule has 3 aromatic rings. The number of benzene rings is 3. The molecule has 3 aromatic carbocycles. The maximum absolute atomic E-state index is 6.60. The van der Waals surface area contributed by atoms with Gasteiger partial charge in [-0.1, -0.05) is 97.9 Å². The molecule has 0 aromatic heterocycles. The van der Waals surface area contributed by atoms with Gasteiger partial charge in [0.25, 0.3) is 0 Å². The number of thioether (sulfide) groups is 1. The average molecular weight is 493 g/mol. The minimum absolute atomic E-state index is 0.175. The first kappa shape index (κ1) is 24.5. The van der Waals surface area contributed by atoms with Gasteiger partial charge in [-0.05, 0) is 16.9 Å². The summed E-state index contributed by atoms with van der Waals surface area (Å²) >= 11 is 1.74. The lowest BCUT2D eigenvalue weighted by atomic mass is 9.98. The molecule has 0 radical (unpaired) electrons. The normalized spacial score (nSPS) is 28.4. The topological polar surface area (TPSA) is 46.2 Å². The second-order valence-electron chi connectivity index (χ2n) is 8.70. The van der Waals surface area contributed by atoms with Gasteiger partial charge in [0, 0.05) is 5.56 Å². The van der Waals surface area contributed by atoms with Crippen LogP contribution in [-0.4, -0.2) is 42.2 Å². The van der Waals surface area contributed by atoms with Gasteiger partial charge in [0.05, 0.1) is 19.8 Å². The quantitative estimate of drug-likeness (QED) is 0.379. The largest absolute Gasteiger partial charge is 0.368 e. The molecule has 35 heavy (non-hydrogen) atoms. The fourth-order valence-electron chi connectivity index (χ4n) is 4.52. The first-order valence-electron chi connectivity index (χ1n) is 12.2. The third kappa shape index (κ3) is 6.15. The van der Waals surface area contributed by atoms with Crippen LogP contribution in [0.5, 0.6) is 0 Å². The number of hydrogen-bond donors (Lipinski definition) is 0. The zero-order valence-corrected chi connectivity index (χ0v) is 20.7. The summed E-state index contributed by atoms with van der Waals surface area (Å²) in [5, 5.41) is 0. The molecule has 2 saturated heterocycles. The first-order chi connectivity index (χ1) is 17.3. The van der Waals surface area contributed by atoms with Gasteiger partial charge in [-0.2, -0.15) is 0 Å². The molecule has 0 saturated carbocycles. The average Bonchev–Trinajstić information content (AvgIpc) is 2.92. The van der Waals surface area contributed by atoms with E-state index in [0.717, 1.165) is 22.4 Å². The zero-order chi connectivity index (χ0) is 23.9. The summed E-state index contributed by atoms with van der Waals surface area (Å²) in [6, 6.07) is 30.5. The van der Waals surface area contributed by atoms with Crippen LogP contribution in [-0.2, 0) is 36.9 Å². The molecule has 5 nitrogen and oxygen atoms in total. The van der Waals surface area contributed by atoms with E-state index in [2.05, 4.69) is 31.2 Å². The molecule has 6 atom stereocenters. The fourth-order valence-corrected chi connectivity index (χ4v) is 5.50. The van der Waals surface area contributed by atoms with Crippen LogP contribution in [0.2, 0.25) is 0 Å². The molecular formula is C29H32O5S. The molecule has 5 rings (SSSR count). The highest BCUT2D eigenvalue weighted by molar-refractivity contribution is 7.99. The smallest absolute Gasteiger partial charge is 0.184 e. The van der Waals surface area contributed by atoms with Crippen molar-refractivity contribution in [2.75, 3.05) is 12.4 Å². The van der Waals surface area contributed by atoms with Crippen LogP contribution in [0.4, 0.5) is 0 Å². The zero-order valence-electron chi connectivity index (χ0n) is 19.9. The van der Waals surface area contributed by atoms with Crippen molar-refractivity contribution < 1.29 is 23.7 Å². The molecule has 2 heterocycles. The highest BCUT2D eigenvalue weighted by Gasteiger charge is 2.51. The van der Waals surface area contributed by atoms with E-state index in [1.165, 1.54) is 0 Å². The molecule has 2 aliphatic rings. The highest BCUT2D eigenvalue weighted by atomic mass is 32.2. The van der Waals surface area contributed by atoms with Crippen molar-refractivity contribution in [2.45, 2.75) is 56.3 Å². The molecule has 0 amide bonds. The van der Waals surface area contributed by atoms with E-state index in [4.69, 9.17) is 23.7 Å². The molecule has 0 spiro atoms. The molecule has 0 aliphatic carbocycles. The predicted octanol–water partition coefficient (Wildman–Crippen LogP) is 5.75. The fraction of sp³-hybridized carbons (Fsp3) is 0.379. The Kier molecular flexibility index (Phi) is 8.52. The SMILES string of the molecule is CCS[C@@H]1O[C@@H]2CO[C@H](c3ccccc3)O[C@H]2[C@H](OCc2ccccc2)[C@H]1OCc1ccccc1. The van der Waals surface area contributed by atoms with Gasteiger partial charge in [-0.25, -0.2) is 0 Å². The van der Waals surface area contributed by atoms with Crippen molar-refractivity contribution in [3.05, 3.63) is 108 Å². The molecule has 0 bridgehead atoms. The molecule has 2 aliphatic heterocycles. The summed E-state index contributed by atoms with van der Waals surface area (Å²) in [7, 11) is 0. The van der Waals surface area contributed by atoms with Crippen LogP contribution < -0.4 is 0 Å². The maximum Gasteiger partial charge on any atom is 0.184 e. The summed E-state index contributed by atoms with van der Waals surface area (Å²) in [4.78, 5) is 0. The van der Waals surface area contributed by atoms with Crippen molar-refractivity contribution >= 4 is 11.8 Å². The Bertz CT molecular complexity index is 1020. The van der Waals surface area contributed by atoms with Crippen molar-refractivity contribution in [3.63, 3.8) is 0 Å². The van der Waals surface area contributed by atoms with Crippen LogP contribution in [0.25, 0.3) is 0 Å². The third-order valence-electron chi connectivity index (χ3n) is 6.26. The van der Waals surface area contributed by atoms with Crippen LogP contribution in [0.15, 0.2) is 91.0 Å². The van der Waals surface area contributed by atoms with Crippen molar-refractivity contribution in [2.24, 2.45) is 0 Å². The number of ether oxygens (including phenoxy) is 5. The molecular weight excluding hydrogens is 460 g/mol. The Morgan fingerprint density at radius 3 is 1.91 bits per heavy atom. The standard InChI is InChI=1S/C29H32O5S/c1-2-35-29-27(31-19-22-14-8-4-9-15-22)26(30-18-21-12-6-3-7-13-21)25-24(33-29)20-32-28(34-25)23-16-10-5-11-17-23/h3-17,24-29H,2,18-20H2,1H3/t24-,25-,26+,27-,28+,29+/m1/s1. The second-order valence-corrected chi connectivity index (χ2v) is 10.1. The van der Waals surface area contributed by atoms with Crippen LogP contribution in [0.3, 0.4) is 0 Å². The van der Waals surface area contributed by atoms with Crippen LogP contribution >= 0.6 is 11.8 Å². The van der Waals surface area contributed by atoms with Crippen LogP contribution in [0.1, 0.15) is 29.9 Å². The maximum atomic E-state index is 6.60. The van der Waals surface area contributed by atoms with E-state index in [0.29, 0.717) is 19.8 Å². The predicted molar refractivity (Wildman–Crippen MR) is 137 cm³/mol. The highest BCUT2D eigenvalue weighted by Crippen LogP contribution is 2.39. The molecule has 0 N–H and O–H groups in total. The van der Waals surface area contributed by atoms with Gasteiger partial charge in [0.1, 0.15) is 29.9 Å². The van der Waals surface area contributed by atoms with E-state index in [9.17, 15) is 0 Å². The first-order valence-corrected chi connectivity index (χ1v) is 13.3. The molecule has 2 fully saturated rings. The van der Waals surface area contributed by atoms with Crippen molar-refractivity contribution in [1.29, 1.82) is 0 Å². The van der Waals surface area contributed by atoms with Gasteiger partial charge in [0.15, 0.2) is 6.29 Å². The Balaban J connectivity index is 1.40. The van der Waals surface area contributed by atoms with Crippen molar-refractivity contribution in [3.8, 4) is 0 Å². The third-order valence-corrected chi connectivity index (χ3v) is 7.30. The Morgan fingerprint density at radius 1 is 0.743 bits per heavy atom. The lowest BCUT2D eigenvalue weighted by Gasteiger charge is -2.49. The molecule has 0 unspecified atom stereocenters. The van der Waals surface area contributed by atoms with E-state index in [1.807, 2.05) is 66.7 Å². The van der Waals surface area contributed by atoms with E-state index >= 15 is 0 Å². The Labute approximate surface area is 211 Å². The summed E-state index contributed by atoms with van der Waals surface area (Å²) < 4.78 is 32.2. The minimum atomic E-state index is -0.464. The summed E-state index contributed by atoms with van der Waals surface area (Å²) in [5.41, 5.74) is 3.04. The van der Waals surface area contributed by atoms with Gasteiger partial charge < -0.3 is 23.7 Å². The van der Waals surface area contributed by atoms with Gasteiger partial charge in [-0.3, -0.25) is 0 Å². The lowest BCUT2D eigenvalue weighted by Crippen LogP contribution is -2.62. The molecule has 184 valence electrons. The Morgan fingerprint density at radius 2 is 1.31 bits per heavy atom. The monoisotopic (exact) mass is 492 g/mol.